The van der Waals surface area contributed by atoms with Crippen LogP contribution in [0, 0.1) is 0 Å². The highest BCUT2D eigenvalue weighted by molar-refractivity contribution is 6.30. The lowest BCUT2D eigenvalue weighted by Gasteiger charge is -2.09. The van der Waals surface area contributed by atoms with E-state index in [-0.39, 0.29) is 5.56 Å². The number of hydrogen-bond acceptors (Lipinski definition) is 2. The van der Waals surface area contributed by atoms with Gasteiger partial charge in [-0.15, -0.1) is 0 Å². The second kappa shape index (κ2) is 5.66. The lowest BCUT2D eigenvalue weighted by Crippen LogP contribution is -2.22. The monoisotopic (exact) mass is 313 g/mol. The van der Waals surface area contributed by atoms with Crippen molar-refractivity contribution in [3.05, 3.63) is 86.8 Å². The molecule has 0 spiro atoms. The molecule has 0 saturated carbocycles. The van der Waals surface area contributed by atoms with Gasteiger partial charge in [-0.05, 0) is 47.9 Å². The van der Waals surface area contributed by atoms with Crippen LogP contribution in [0.3, 0.4) is 0 Å². The van der Waals surface area contributed by atoms with Gasteiger partial charge in [-0.3, -0.25) is 9.20 Å². The third-order valence-corrected chi connectivity index (χ3v) is 3.75. The predicted molar refractivity (Wildman–Crippen MR) is 84.9 cm³/mol. The Bertz CT molecular complexity index is 913. The summed E-state index contributed by atoms with van der Waals surface area (Å²) in [5, 5.41) is 9.86. The molecule has 3 rings (SSSR count). The first-order valence-corrected chi connectivity index (χ1v) is 7.05. The third-order valence-electron chi connectivity index (χ3n) is 3.49. The normalized spacial score (nSPS) is 10.8. The summed E-state index contributed by atoms with van der Waals surface area (Å²) in [7, 11) is 0. The van der Waals surface area contributed by atoms with Gasteiger partial charge in [-0.1, -0.05) is 29.8 Å². The van der Waals surface area contributed by atoms with E-state index in [2.05, 4.69) is 0 Å². The first kappa shape index (κ1) is 14.4. The fourth-order valence-electron chi connectivity index (χ4n) is 2.44. The van der Waals surface area contributed by atoms with E-state index in [4.69, 9.17) is 11.6 Å². The third kappa shape index (κ3) is 2.61. The number of halogens is 1. The molecule has 110 valence electrons. The molecule has 4 nitrogen and oxygen atoms in total. The number of carbonyl (C=O) groups is 1. The predicted octanol–water partition coefficient (Wildman–Crippen LogP) is 3.24. The molecule has 2 heterocycles. The second-order valence-corrected chi connectivity index (χ2v) is 5.39. The SMILES string of the molecule is O=C(O)c1cc(Cc2ccc(Cl)cc2)c2ccccn2c1=O. The first-order chi connectivity index (χ1) is 10.6. The summed E-state index contributed by atoms with van der Waals surface area (Å²) in [5.74, 6) is -1.22. The molecule has 1 aromatic carbocycles. The van der Waals surface area contributed by atoms with Crippen LogP contribution in [0.5, 0.6) is 0 Å². The Morgan fingerprint density at radius 3 is 2.55 bits per heavy atom. The molecular weight excluding hydrogens is 302 g/mol. The molecule has 0 saturated heterocycles. The molecule has 0 aliphatic rings. The van der Waals surface area contributed by atoms with Crippen molar-refractivity contribution >= 4 is 23.1 Å². The Morgan fingerprint density at radius 1 is 1.14 bits per heavy atom. The van der Waals surface area contributed by atoms with Crippen LogP contribution in [0.4, 0.5) is 0 Å². The van der Waals surface area contributed by atoms with Gasteiger partial charge >= 0.3 is 5.97 Å². The molecule has 0 fully saturated rings. The molecule has 0 atom stereocenters. The summed E-state index contributed by atoms with van der Waals surface area (Å²) in [6, 6.07) is 14.1. The van der Waals surface area contributed by atoms with Crippen molar-refractivity contribution in [2.45, 2.75) is 6.42 Å². The van der Waals surface area contributed by atoms with E-state index >= 15 is 0 Å². The van der Waals surface area contributed by atoms with Crippen molar-refractivity contribution in [1.82, 2.24) is 4.40 Å². The van der Waals surface area contributed by atoms with Gasteiger partial charge in [0.05, 0.1) is 5.52 Å². The van der Waals surface area contributed by atoms with E-state index < -0.39 is 11.5 Å². The standard InChI is InChI=1S/C17H12ClNO3/c18-13-6-4-11(5-7-13)9-12-10-14(17(21)22)16(20)19-8-2-1-3-15(12)19/h1-8,10H,9H2,(H,21,22). The van der Waals surface area contributed by atoms with Crippen LogP contribution in [0.25, 0.3) is 5.52 Å². The van der Waals surface area contributed by atoms with Crippen molar-refractivity contribution in [3.8, 4) is 0 Å². The van der Waals surface area contributed by atoms with E-state index in [1.54, 1.807) is 30.5 Å². The van der Waals surface area contributed by atoms with Gasteiger partial charge in [0, 0.05) is 11.2 Å². The van der Waals surface area contributed by atoms with Crippen molar-refractivity contribution in [2.24, 2.45) is 0 Å². The van der Waals surface area contributed by atoms with Crippen LogP contribution >= 0.6 is 11.6 Å². The van der Waals surface area contributed by atoms with Crippen LogP contribution in [0.15, 0.2) is 59.5 Å². The summed E-state index contributed by atoms with van der Waals surface area (Å²) < 4.78 is 1.37. The van der Waals surface area contributed by atoms with Gasteiger partial charge in [0.1, 0.15) is 5.56 Å². The van der Waals surface area contributed by atoms with Crippen molar-refractivity contribution < 1.29 is 9.90 Å². The van der Waals surface area contributed by atoms with Crippen molar-refractivity contribution in [1.29, 1.82) is 0 Å². The largest absolute Gasteiger partial charge is 0.477 e. The van der Waals surface area contributed by atoms with Crippen LogP contribution in [-0.2, 0) is 6.42 Å². The molecule has 0 radical (unpaired) electrons. The smallest absolute Gasteiger partial charge is 0.341 e. The van der Waals surface area contributed by atoms with E-state index in [9.17, 15) is 14.7 Å². The number of aromatic nitrogens is 1. The molecule has 5 heteroatoms. The number of rotatable bonds is 3. The van der Waals surface area contributed by atoms with Gasteiger partial charge in [0.25, 0.3) is 5.56 Å². The number of pyridine rings is 2. The molecule has 1 N–H and O–H groups in total. The Balaban J connectivity index is 2.19. The summed E-state index contributed by atoms with van der Waals surface area (Å²) >= 11 is 5.87. The zero-order valence-corrected chi connectivity index (χ0v) is 12.2. The van der Waals surface area contributed by atoms with Crippen LogP contribution in [0.1, 0.15) is 21.5 Å². The van der Waals surface area contributed by atoms with Gasteiger partial charge in [0.15, 0.2) is 0 Å². The van der Waals surface area contributed by atoms with E-state index in [0.29, 0.717) is 17.0 Å². The maximum absolute atomic E-state index is 12.2. The Kier molecular flexibility index (Phi) is 3.69. The van der Waals surface area contributed by atoms with Gasteiger partial charge in [-0.2, -0.15) is 0 Å². The lowest BCUT2D eigenvalue weighted by molar-refractivity contribution is 0.0694. The lowest BCUT2D eigenvalue weighted by atomic mass is 10.0. The molecule has 0 bridgehead atoms. The van der Waals surface area contributed by atoms with Crippen LogP contribution in [-0.4, -0.2) is 15.5 Å². The number of carboxylic acid groups (broad SMARTS) is 1. The quantitative estimate of drug-likeness (QED) is 0.807. The van der Waals surface area contributed by atoms with Crippen molar-refractivity contribution in [2.75, 3.05) is 0 Å². The van der Waals surface area contributed by atoms with Crippen molar-refractivity contribution in [3.63, 3.8) is 0 Å². The summed E-state index contributed by atoms with van der Waals surface area (Å²) in [5.41, 5.74) is 1.72. The highest BCUT2D eigenvalue weighted by Crippen LogP contribution is 2.17. The minimum Gasteiger partial charge on any atom is -0.477 e. The molecule has 0 aliphatic heterocycles. The highest BCUT2D eigenvalue weighted by Gasteiger charge is 2.14. The van der Waals surface area contributed by atoms with Gasteiger partial charge < -0.3 is 5.11 Å². The van der Waals surface area contributed by atoms with Gasteiger partial charge in [0.2, 0.25) is 0 Å². The van der Waals surface area contributed by atoms with Crippen LogP contribution < -0.4 is 5.56 Å². The van der Waals surface area contributed by atoms with E-state index in [1.165, 1.54) is 10.5 Å². The first-order valence-electron chi connectivity index (χ1n) is 6.67. The number of benzene rings is 1. The number of carboxylic acids is 1. The number of nitrogens with zero attached hydrogens (tertiary/aromatic N) is 1. The highest BCUT2D eigenvalue weighted by atomic mass is 35.5. The second-order valence-electron chi connectivity index (χ2n) is 4.95. The molecule has 0 amide bonds. The maximum Gasteiger partial charge on any atom is 0.341 e. The Morgan fingerprint density at radius 2 is 1.86 bits per heavy atom. The number of fused-ring (bicyclic) bond motifs is 1. The Labute approximate surface area is 131 Å². The van der Waals surface area contributed by atoms with Crippen LogP contribution in [0.2, 0.25) is 5.02 Å². The topological polar surface area (TPSA) is 58.8 Å². The fraction of sp³-hybridized carbons (Fsp3) is 0.0588. The number of hydrogen-bond donors (Lipinski definition) is 1. The minimum absolute atomic E-state index is 0.229. The van der Waals surface area contributed by atoms with Gasteiger partial charge in [-0.25, -0.2) is 4.79 Å². The Hall–Kier alpha value is -2.59. The molecular formula is C17H12ClNO3. The molecule has 22 heavy (non-hydrogen) atoms. The fourth-order valence-corrected chi connectivity index (χ4v) is 2.56. The summed E-state index contributed by atoms with van der Waals surface area (Å²) in [6.45, 7) is 0. The van der Waals surface area contributed by atoms with E-state index in [0.717, 1.165) is 11.1 Å². The average Bonchev–Trinajstić information content (AvgIpc) is 2.52. The molecule has 0 aliphatic carbocycles. The zero-order valence-electron chi connectivity index (χ0n) is 11.5. The summed E-state index contributed by atoms with van der Waals surface area (Å²) in [4.78, 5) is 23.5. The number of aromatic carboxylic acids is 1. The average molecular weight is 314 g/mol. The molecule has 3 aromatic rings. The molecule has 0 unspecified atom stereocenters. The molecule has 2 aromatic heterocycles. The van der Waals surface area contributed by atoms with E-state index in [1.807, 2.05) is 18.2 Å². The summed E-state index contributed by atoms with van der Waals surface area (Å²) in [6.07, 6.45) is 2.10. The zero-order chi connectivity index (χ0) is 15.7. The minimum atomic E-state index is -1.22. The maximum atomic E-state index is 12.2.